The molecule has 180 valence electrons. The Kier molecular flexibility index (Phi) is 6.29. The van der Waals surface area contributed by atoms with Crippen LogP contribution in [-0.4, -0.2) is 43.9 Å². The van der Waals surface area contributed by atoms with E-state index in [9.17, 15) is 4.39 Å². The molecule has 0 unspecified atom stereocenters. The maximum absolute atomic E-state index is 13.5. The summed E-state index contributed by atoms with van der Waals surface area (Å²) < 4.78 is 21.2. The maximum atomic E-state index is 13.5. The maximum Gasteiger partial charge on any atom is 0.322 e. The lowest BCUT2D eigenvalue weighted by Gasteiger charge is -2.38. The first-order valence-electron chi connectivity index (χ1n) is 11.7. The number of aromatic nitrogens is 5. The molecule has 1 aromatic carbocycles. The lowest BCUT2D eigenvalue weighted by molar-refractivity contribution is 0.370. The third-order valence-electron chi connectivity index (χ3n) is 6.52. The molecule has 0 amide bonds. The average molecular weight is 486 g/mol. The molecule has 1 aliphatic heterocycles. The fourth-order valence-electron chi connectivity index (χ4n) is 4.98. The van der Waals surface area contributed by atoms with Crippen LogP contribution >= 0.6 is 11.6 Å². The summed E-state index contributed by atoms with van der Waals surface area (Å²) in [6, 6.07) is 6.97. The van der Waals surface area contributed by atoms with Gasteiger partial charge in [0.2, 0.25) is 5.95 Å². The molecule has 0 spiro atoms. The van der Waals surface area contributed by atoms with Gasteiger partial charge in [0, 0.05) is 43.5 Å². The fourth-order valence-corrected chi connectivity index (χ4v) is 5.15. The van der Waals surface area contributed by atoms with Crippen molar-refractivity contribution in [1.82, 2.24) is 24.7 Å². The molecular weight excluding hydrogens is 457 g/mol. The molecule has 2 aromatic heterocycles. The zero-order valence-corrected chi connectivity index (χ0v) is 20.3. The molecule has 8 nitrogen and oxygen atoms in total. The van der Waals surface area contributed by atoms with Gasteiger partial charge in [0.05, 0.1) is 5.02 Å². The van der Waals surface area contributed by atoms with Crippen molar-refractivity contribution in [3.8, 4) is 11.8 Å². The Labute approximate surface area is 203 Å². The first-order valence-corrected chi connectivity index (χ1v) is 12.1. The van der Waals surface area contributed by atoms with E-state index in [1.54, 1.807) is 11.0 Å². The van der Waals surface area contributed by atoms with E-state index in [1.807, 2.05) is 13.0 Å². The van der Waals surface area contributed by atoms with E-state index in [0.717, 1.165) is 37.4 Å². The fraction of sp³-hybridized carbons (Fsp3) is 0.500. The van der Waals surface area contributed by atoms with Crippen LogP contribution in [0.3, 0.4) is 0 Å². The summed E-state index contributed by atoms with van der Waals surface area (Å²) in [5.41, 5.74) is 0.979. The molecule has 34 heavy (non-hydrogen) atoms. The van der Waals surface area contributed by atoms with Gasteiger partial charge in [-0.2, -0.15) is 4.98 Å². The van der Waals surface area contributed by atoms with Crippen molar-refractivity contribution >= 4 is 23.4 Å². The highest BCUT2D eigenvalue weighted by molar-refractivity contribution is 6.30. The van der Waals surface area contributed by atoms with Gasteiger partial charge in [-0.1, -0.05) is 25.4 Å². The monoisotopic (exact) mass is 485 g/mol. The number of nitrogens with one attached hydrogen (secondary N) is 1. The minimum atomic E-state index is -0.487. The number of halogens is 2. The van der Waals surface area contributed by atoms with Crippen LogP contribution in [0.15, 0.2) is 30.6 Å². The van der Waals surface area contributed by atoms with Crippen molar-refractivity contribution < 1.29 is 9.13 Å². The normalized spacial score (nSPS) is 21.8. The highest BCUT2D eigenvalue weighted by Gasteiger charge is 2.43. The minimum Gasteiger partial charge on any atom is -0.424 e. The van der Waals surface area contributed by atoms with Crippen LogP contribution in [-0.2, 0) is 6.54 Å². The van der Waals surface area contributed by atoms with Gasteiger partial charge in [-0.3, -0.25) is 0 Å². The molecule has 0 radical (unpaired) electrons. The number of benzene rings is 1. The van der Waals surface area contributed by atoms with Gasteiger partial charge in [0.25, 0.3) is 0 Å². The lowest BCUT2D eigenvalue weighted by Crippen LogP contribution is -2.48. The highest BCUT2D eigenvalue weighted by atomic mass is 35.5. The molecule has 1 N–H and O–H groups in total. The smallest absolute Gasteiger partial charge is 0.322 e. The quantitative estimate of drug-likeness (QED) is 0.507. The average Bonchev–Trinajstić information content (AvgIpc) is 3.24. The van der Waals surface area contributed by atoms with Gasteiger partial charge in [0.15, 0.2) is 0 Å². The molecule has 1 saturated carbocycles. The van der Waals surface area contributed by atoms with Gasteiger partial charge < -0.3 is 15.0 Å². The van der Waals surface area contributed by atoms with E-state index in [4.69, 9.17) is 21.4 Å². The summed E-state index contributed by atoms with van der Waals surface area (Å²) in [6.45, 7) is 8.74. The van der Waals surface area contributed by atoms with Crippen molar-refractivity contribution in [2.24, 2.45) is 17.8 Å². The molecular formula is C24H29ClFN7O. The Morgan fingerprint density at radius 3 is 2.62 bits per heavy atom. The topological polar surface area (TPSA) is 81.0 Å². The standard InChI is InChI=1S/C24H29ClFN7O/c1-14(2)10-33-24(34-18-6-7-20(26)19(25)9-18)30-23(31-33)29-22-16-4-5-17(22)12-32(11-16)21-8-15(3)27-13-28-21/h6-9,13-14,16-17,22H,4-5,10-12H2,1-3H3,(H,29,31)/t16-,17+,22-. The lowest BCUT2D eigenvalue weighted by atomic mass is 9.92. The van der Waals surface area contributed by atoms with Crippen molar-refractivity contribution in [2.45, 2.75) is 46.2 Å². The molecule has 2 bridgehead atoms. The second kappa shape index (κ2) is 9.37. The number of fused-ring (bicyclic) bond motifs is 2. The highest BCUT2D eigenvalue weighted by Crippen LogP contribution is 2.40. The third-order valence-corrected chi connectivity index (χ3v) is 6.81. The Morgan fingerprint density at radius 1 is 1.18 bits per heavy atom. The molecule has 1 saturated heterocycles. The summed E-state index contributed by atoms with van der Waals surface area (Å²) in [4.78, 5) is 15.7. The van der Waals surface area contributed by atoms with Gasteiger partial charge in [-0.25, -0.2) is 19.0 Å². The zero-order valence-electron chi connectivity index (χ0n) is 19.6. The van der Waals surface area contributed by atoms with Crippen LogP contribution in [0.2, 0.25) is 5.02 Å². The number of ether oxygens (including phenoxy) is 1. The molecule has 10 heteroatoms. The molecule has 3 atom stereocenters. The Balaban J connectivity index is 1.33. The summed E-state index contributed by atoms with van der Waals surface area (Å²) >= 11 is 5.92. The first kappa shape index (κ1) is 22.8. The number of aryl methyl sites for hydroxylation is 1. The van der Waals surface area contributed by atoms with Crippen molar-refractivity contribution in [3.63, 3.8) is 0 Å². The van der Waals surface area contributed by atoms with Crippen LogP contribution in [0, 0.1) is 30.5 Å². The number of anilines is 2. The number of piperidine rings is 1. The van der Waals surface area contributed by atoms with Crippen LogP contribution < -0.4 is 15.0 Å². The summed E-state index contributed by atoms with van der Waals surface area (Å²) in [5, 5.41) is 8.30. The second-order valence-electron chi connectivity index (χ2n) is 9.66. The zero-order chi connectivity index (χ0) is 23.8. The summed E-state index contributed by atoms with van der Waals surface area (Å²) in [5.74, 6) is 2.79. The SMILES string of the molecule is Cc1cc(N2C[C@H]3CC[C@@H](C2)[C@@H]3Nc2nc(Oc3ccc(F)c(Cl)c3)n(CC(C)C)n2)ncn1. The Hall–Kier alpha value is -2.94. The first-order chi connectivity index (χ1) is 16.4. The van der Waals surface area contributed by atoms with E-state index in [-0.39, 0.29) is 5.02 Å². The van der Waals surface area contributed by atoms with E-state index in [2.05, 4.69) is 39.0 Å². The largest absolute Gasteiger partial charge is 0.424 e. The predicted octanol–water partition coefficient (Wildman–Crippen LogP) is 4.94. The van der Waals surface area contributed by atoms with E-state index >= 15 is 0 Å². The summed E-state index contributed by atoms with van der Waals surface area (Å²) in [7, 11) is 0. The molecule has 3 aromatic rings. The minimum absolute atomic E-state index is 0.00740. The van der Waals surface area contributed by atoms with Gasteiger partial charge >= 0.3 is 6.01 Å². The van der Waals surface area contributed by atoms with Crippen molar-refractivity contribution in [3.05, 3.63) is 47.1 Å². The Morgan fingerprint density at radius 2 is 1.94 bits per heavy atom. The third kappa shape index (κ3) is 4.80. The van der Waals surface area contributed by atoms with Crippen LogP contribution in [0.25, 0.3) is 0 Å². The predicted molar refractivity (Wildman–Crippen MR) is 129 cm³/mol. The molecule has 3 heterocycles. The Bertz CT molecular complexity index is 1160. The molecule has 5 rings (SSSR count). The second-order valence-corrected chi connectivity index (χ2v) is 10.1. The van der Waals surface area contributed by atoms with Crippen molar-refractivity contribution in [2.75, 3.05) is 23.3 Å². The number of nitrogens with zero attached hydrogens (tertiary/aromatic N) is 6. The van der Waals surface area contributed by atoms with Gasteiger partial charge in [-0.05, 0) is 49.7 Å². The summed E-state index contributed by atoms with van der Waals surface area (Å²) in [6.07, 6.45) is 3.96. The van der Waals surface area contributed by atoms with Crippen molar-refractivity contribution in [1.29, 1.82) is 0 Å². The van der Waals surface area contributed by atoms with Crippen LogP contribution in [0.4, 0.5) is 16.2 Å². The van der Waals surface area contributed by atoms with Crippen LogP contribution in [0.1, 0.15) is 32.4 Å². The van der Waals surface area contributed by atoms with Gasteiger partial charge in [-0.15, -0.1) is 5.10 Å². The number of hydrogen-bond acceptors (Lipinski definition) is 7. The van der Waals surface area contributed by atoms with E-state index in [0.29, 0.717) is 48.0 Å². The van der Waals surface area contributed by atoms with E-state index in [1.165, 1.54) is 18.2 Å². The number of rotatable bonds is 7. The van der Waals surface area contributed by atoms with E-state index < -0.39 is 5.82 Å². The molecule has 2 fully saturated rings. The van der Waals surface area contributed by atoms with Crippen LogP contribution in [0.5, 0.6) is 11.8 Å². The molecule has 2 aliphatic rings. The van der Waals surface area contributed by atoms with Gasteiger partial charge in [0.1, 0.15) is 23.7 Å². The molecule has 1 aliphatic carbocycles. The number of hydrogen-bond donors (Lipinski definition) is 1.